The molecule has 0 spiro atoms. The summed E-state index contributed by atoms with van der Waals surface area (Å²) in [6.07, 6.45) is 4.64. The Labute approximate surface area is 156 Å². The summed E-state index contributed by atoms with van der Waals surface area (Å²) in [6.45, 7) is 0.679. The minimum atomic E-state index is -0.240. The molecule has 1 fully saturated rings. The maximum absolute atomic E-state index is 5.51. The van der Waals surface area contributed by atoms with Gasteiger partial charge in [0.15, 0.2) is 17.3 Å². The quantitative estimate of drug-likeness (QED) is 0.574. The average Bonchev–Trinajstić information content (AvgIpc) is 3.19. The third-order valence-electron chi connectivity index (χ3n) is 4.63. The van der Waals surface area contributed by atoms with Crippen molar-refractivity contribution in [2.45, 2.75) is 31.3 Å². The van der Waals surface area contributed by atoms with Crippen LogP contribution in [0.2, 0.25) is 0 Å². The second-order valence-corrected chi connectivity index (χ2v) is 6.40. The fourth-order valence-electron chi connectivity index (χ4n) is 3.15. The first-order chi connectivity index (χ1) is 13.3. The van der Waals surface area contributed by atoms with Gasteiger partial charge in [-0.3, -0.25) is 0 Å². The largest absolute Gasteiger partial charge is 0.493 e. The Kier molecular flexibility index (Phi) is 4.97. The zero-order chi connectivity index (χ0) is 18.6. The van der Waals surface area contributed by atoms with Gasteiger partial charge in [-0.25, -0.2) is 4.68 Å². The molecule has 0 amide bonds. The van der Waals surface area contributed by atoms with Crippen LogP contribution in [0.1, 0.15) is 42.0 Å². The molecule has 0 bridgehead atoms. The Morgan fingerprint density at radius 1 is 1.30 bits per heavy atom. The van der Waals surface area contributed by atoms with E-state index >= 15 is 0 Å². The normalized spacial score (nSPS) is 14.9. The molecule has 0 aliphatic heterocycles. The summed E-state index contributed by atoms with van der Waals surface area (Å²) in [7, 11) is 3.29. The van der Waals surface area contributed by atoms with Gasteiger partial charge in [-0.2, -0.15) is 15.4 Å². The fourth-order valence-corrected chi connectivity index (χ4v) is 3.15. The number of methoxy groups -OCH3 is 2. The van der Waals surface area contributed by atoms with Crippen LogP contribution in [0.15, 0.2) is 24.4 Å². The number of rotatable bonds is 9. The molecule has 1 aromatic carbocycles. The van der Waals surface area contributed by atoms with Crippen molar-refractivity contribution in [1.29, 1.82) is 0 Å². The van der Waals surface area contributed by atoms with E-state index in [4.69, 9.17) is 9.47 Å². The molecule has 1 aliphatic rings. The Bertz CT molecular complexity index is 875. The molecule has 10 nitrogen and oxygen atoms in total. The van der Waals surface area contributed by atoms with E-state index in [9.17, 15) is 0 Å². The molecule has 0 radical (unpaired) electrons. The lowest BCUT2D eigenvalue weighted by Gasteiger charge is -2.17. The van der Waals surface area contributed by atoms with Crippen molar-refractivity contribution in [3.8, 4) is 11.5 Å². The third-order valence-corrected chi connectivity index (χ3v) is 4.63. The van der Waals surface area contributed by atoms with Crippen molar-refractivity contribution in [2.75, 3.05) is 20.8 Å². The number of aromatic nitrogens is 7. The van der Waals surface area contributed by atoms with Gasteiger partial charge >= 0.3 is 0 Å². The summed E-state index contributed by atoms with van der Waals surface area (Å²) in [5, 5.41) is 26.6. The van der Waals surface area contributed by atoms with Crippen LogP contribution in [0.4, 0.5) is 0 Å². The second-order valence-electron chi connectivity index (χ2n) is 6.40. The standard InChI is InChI=1S/C17H22N8O2/c1-26-14-5-3-4-11(16(14)27-2)8-9-18-15(13-10-19-22-20-13)17-21-23-24-25(17)12-6-7-12/h3-5,10,12,15,18H,6-9H2,1-2H3,(H,19,20,22). The predicted octanol–water partition coefficient (Wildman–Crippen LogP) is 1.06. The average molecular weight is 370 g/mol. The number of tetrazole rings is 1. The Morgan fingerprint density at radius 2 is 2.19 bits per heavy atom. The molecule has 3 aromatic rings. The summed E-state index contributed by atoms with van der Waals surface area (Å²) in [6, 6.07) is 6.01. The van der Waals surface area contributed by atoms with Crippen molar-refractivity contribution in [3.63, 3.8) is 0 Å². The maximum Gasteiger partial charge on any atom is 0.174 e. The Balaban J connectivity index is 1.51. The molecule has 2 aromatic heterocycles. The summed E-state index contributed by atoms with van der Waals surface area (Å²) in [5.41, 5.74) is 1.81. The van der Waals surface area contributed by atoms with Gasteiger partial charge in [-0.1, -0.05) is 12.1 Å². The van der Waals surface area contributed by atoms with E-state index in [2.05, 4.69) is 36.3 Å². The lowest BCUT2D eigenvalue weighted by atomic mass is 10.1. The van der Waals surface area contributed by atoms with E-state index in [0.717, 1.165) is 47.8 Å². The highest BCUT2D eigenvalue weighted by Crippen LogP contribution is 2.36. The summed E-state index contributed by atoms with van der Waals surface area (Å²) >= 11 is 0. The first kappa shape index (κ1) is 17.4. The molecule has 27 heavy (non-hydrogen) atoms. The zero-order valence-electron chi connectivity index (χ0n) is 15.3. The summed E-state index contributed by atoms with van der Waals surface area (Å²) < 4.78 is 12.8. The Hall–Kier alpha value is -3.01. The van der Waals surface area contributed by atoms with Crippen LogP contribution in [-0.2, 0) is 6.42 Å². The van der Waals surface area contributed by atoms with Crippen molar-refractivity contribution >= 4 is 0 Å². The second kappa shape index (κ2) is 7.70. The van der Waals surface area contributed by atoms with Gasteiger partial charge in [0.05, 0.1) is 26.5 Å². The van der Waals surface area contributed by atoms with Crippen LogP contribution in [-0.4, -0.2) is 56.4 Å². The number of benzene rings is 1. The van der Waals surface area contributed by atoms with Crippen LogP contribution >= 0.6 is 0 Å². The van der Waals surface area contributed by atoms with E-state index in [1.165, 1.54) is 0 Å². The number of nitrogens with one attached hydrogen (secondary N) is 2. The smallest absolute Gasteiger partial charge is 0.174 e. The number of aromatic amines is 1. The molecule has 142 valence electrons. The van der Waals surface area contributed by atoms with Crippen molar-refractivity contribution in [1.82, 2.24) is 40.9 Å². The van der Waals surface area contributed by atoms with Crippen molar-refractivity contribution in [3.05, 3.63) is 41.5 Å². The highest BCUT2D eigenvalue weighted by molar-refractivity contribution is 5.46. The monoisotopic (exact) mass is 370 g/mol. The van der Waals surface area contributed by atoms with Crippen molar-refractivity contribution in [2.24, 2.45) is 0 Å². The number of hydrogen-bond acceptors (Lipinski definition) is 8. The molecular formula is C17H22N8O2. The topological polar surface area (TPSA) is 116 Å². The lowest BCUT2D eigenvalue weighted by Crippen LogP contribution is -2.28. The lowest BCUT2D eigenvalue weighted by molar-refractivity contribution is 0.351. The van der Waals surface area contributed by atoms with Gasteiger partial charge in [-0.15, -0.1) is 5.10 Å². The SMILES string of the molecule is COc1cccc(CCNC(c2cn[nH]n2)c2nnnn2C2CC2)c1OC. The molecule has 1 aliphatic carbocycles. The van der Waals surface area contributed by atoms with Gasteiger partial charge in [0.1, 0.15) is 11.7 Å². The molecule has 4 rings (SSSR count). The molecule has 2 N–H and O–H groups in total. The minimum absolute atomic E-state index is 0.240. The van der Waals surface area contributed by atoms with Gasteiger partial charge in [0.25, 0.3) is 0 Å². The van der Waals surface area contributed by atoms with E-state index in [1.54, 1.807) is 20.4 Å². The molecule has 1 unspecified atom stereocenters. The highest BCUT2D eigenvalue weighted by atomic mass is 16.5. The Morgan fingerprint density at radius 3 is 2.89 bits per heavy atom. The number of hydrogen-bond donors (Lipinski definition) is 2. The fraction of sp³-hybridized carbons (Fsp3) is 0.471. The van der Waals surface area contributed by atoms with E-state index < -0.39 is 0 Å². The van der Waals surface area contributed by atoms with Gasteiger partial charge in [-0.05, 0) is 41.3 Å². The van der Waals surface area contributed by atoms with Gasteiger partial charge < -0.3 is 14.8 Å². The van der Waals surface area contributed by atoms with Crippen LogP contribution in [0, 0.1) is 0 Å². The first-order valence-corrected chi connectivity index (χ1v) is 8.88. The molecule has 2 heterocycles. The first-order valence-electron chi connectivity index (χ1n) is 8.88. The molecule has 1 atom stereocenters. The molecule has 10 heteroatoms. The molecule has 0 saturated heterocycles. The minimum Gasteiger partial charge on any atom is -0.493 e. The summed E-state index contributed by atoms with van der Waals surface area (Å²) in [5.74, 6) is 2.23. The number of nitrogens with zero attached hydrogens (tertiary/aromatic N) is 6. The van der Waals surface area contributed by atoms with Gasteiger partial charge in [0.2, 0.25) is 0 Å². The summed E-state index contributed by atoms with van der Waals surface area (Å²) in [4.78, 5) is 0. The van der Waals surface area contributed by atoms with Crippen LogP contribution in [0.5, 0.6) is 11.5 Å². The van der Waals surface area contributed by atoms with Crippen LogP contribution < -0.4 is 14.8 Å². The highest BCUT2D eigenvalue weighted by Gasteiger charge is 2.32. The van der Waals surface area contributed by atoms with E-state index in [0.29, 0.717) is 12.6 Å². The van der Waals surface area contributed by atoms with E-state index in [1.807, 2.05) is 22.9 Å². The maximum atomic E-state index is 5.51. The third kappa shape index (κ3) is 3.61. The van der Waals surface area contributed by atoms with E-state index in [-0.39, 0.29) is 6.04 Å². The van der Waals surface area contributed by atoms with Crippen LogP contribution in [0.3, 0.4) is 0 Å². The van der Waals surface area contributed by atoms with Crippen molar-refractivity contribution < 1.29 is 9.47 Å². The zero-order valence-corrected chi connectivity index (χ0v) is 15.3. The predicted molar refractivity (Wildman–Crippen MR) is 95.6 cm³/mol. The van der Waals surface area contributed by atoms with Crippen LogP contribution in [0.25, 0.3) is 0 Å². The molecular weight excluding hydrogens is 348 g/mol. The number of para-hydroxylation sites is 1. The number of H-pyrrole nitrogens is 1. The number of ether oxygens (including phenoxy) is 2. The van der Waals surface area contributed by atoms with Gasteiger partial charge in [0, 0.05) is 6.54 Å². The molecule has 1 saturated carbocycles.